The van der Waals surface area contributed by atoms with Crippen molar-refractivity contribution >= 4 is 38.4 Å². The quantitative estimate of drug-likeness (QED) is 0.251. The average Bonchev–Trinajstić information content (AvgIpc) is 3.29. The number of rotatable bonds is 1. The highest BCUT2D eigenvalue weighted by Crippen LogP contribution is 2.37. The molecule has 0 unspecified atom stereocenters. The molecule has 0 saturated carbocycles. The third kappa shape index (κ3) is 1.87. The van der Waals surface area contributed by atoms with Crippen LogP contribution in [0.5, 0.6) is 0 Å². The Bertz CT molecular complexity index is 1620. The summed E-state index contributed by atoms with van der Waals surface area (Å²) in [4.78, 5) is 0. The van der Waals surface area contributed by atoms with E-state index in [-0.39, 0.29) is 5.82 Å². The third-order valence-electron chi connectivity index (χ3n) is 6.29. The van der Waals surface area contributed by atoms with Crippen molar-refractivity contribution < 1.29 is 8.96 Å². The van der Waals surface area contributed by atoms with Crippen LogP contribution in [0.4, 0.5) is 4.39 Å². The molecule has 0 aliphatic carbocycles. The first-order valence-corrected chi connectivity index (χ1v) is 9.86. The number of halogens is 1. The molecule has 2 aromatic heterocycles. The molecule has 2 nitrogen and oxygen atoms in total. The predicted octanol–water partition coefficient (Wildman–Crippen LogP) is 5.85. The van der Waals surface area contributed by atoms with Crippen LogP contribution in [0.2, 0.25) is 0 Å². The van der Waals surface area contributed by atoms with Crippen molar-refractivity contribution in [1.29, 1.82) is 0 Å². The van der Waals surface area contributed by atoms with Gasteiger partial charge in [0.15, 0.2) is 11.0 Å². The number of imidazole rings is 1. The van der Waals surface area contributed by atoms with Crippen LogP contribution in [0.3, 0.4) is 0 Å². The smallest absolute Gasteiger partial charge is 0.218 e. The van der Waals surface area contributed by atoms with Crippen molar-refractivity contribution in [2.24, 2.45) is 0 Å². The number of aromatic nitrogens is 2. The molecular formula is C26H16FN2+. The number of pyridine rings is 1. The van der Waals surface area contributed by atoms with Gasteiger partial charge in [0.2, 0.25) is 0 Å². The lowest BCUT2D eigenvalue weighted by Crippen LogP contribution is -2.30. The molecule has 0 atom stereocenters. The summed E-state index contributed by atoms with van der Waals surface area (Å²) in [6.45, 7) is 0.895. The van der Waals surface area contributed by atoms with Gasteiger partial charge in [0, 0.05) is 16.3 Å². The Balaban J connectivity index is 1.70. The van der Waals surface area contributed by atoms with Gasteiger partial charge >= 0.3 is 0 Å². The van der Waals surface area contributed by atoms with Gasteiger partial charge in [0.1, 0.15) is 17.9 Å². The molecule has 7 rings (SSSR count). The second kappa shape index (κ2) is 5.21. The number of benzene rings is 4. The molecule has 1 aliphatic heterocycles. The molecule has 4 aromatic carbocycles. The molecule has 3 heteroatoms. The molecule has 0 amide bonds. The maximum Gasteiger partial charge on any atom is 0.296 e. The van der Waals surface area contributed by atoms with Gasteiger partial charge in [-0.3, -0.25) is 0 Å². The van der Waals surface area contributed by atoms with Crippen LogP contribution in [0, 0.1) is 5.82 Å². The zero-order valence-electron chi connectivity index (χ0n) is 15.6. The highest BCUT2D eigenvalue weighted by molar-refractivity contribution is 6.14. The molecule has 0 fully saturated rings. The zero-order chi connectivity index (χ0) is 19.1. The Labute approximate surface area is 166 Å². The van der Waals surface area contributed by atoms with E-state index in [0.29, 0.717) is 0 Å². The summed E-state index contributed by atoms with van der Waals surface area (Å²) in [5, 5.41) is 3.94. The minimum atomic E-state index is -0.208. The first kappa shape index (κ1) is 15.2. The number of fused-ring (bicyclic) bond motifs is 6. The third-order valence-corrected chi connectivity index (χ3v) is 6.29. The minimum Gasteiger partial charge on any atom is -0.218 e. The summed E-state index contributed by atoms with van der Waals surface area (Å²) >= 11 is 0. The van der Waals surface area contributed by atoms with E-state index in [1.165, 1.54) is 56.1 Å². The number of para-hydroxylation sites is 1. The second-order valence-electron chi connectivity index (χ2n) is 7.81. The van der Waals surface area contributed by atoms with Crippen LogP contribution in [0.25, 0.3) is 49.5 Å². The van der Waals surface area contributed by atoms with E-state index in [4.69, 9.17) is 0 Å². The second-order valence-corrected chi connectivity index (χ2v) is 7.81. The van der Waals surface area contributed by atoms with Gasteiger partial charge in [-0.05, 0) is 47.5 Å². The van der Waals surface area contributed by atoms with Crippen molar-refractivity contribution in [2.45, 2.75) is 6.54 Å². The van der Waals surface area contributed by atoms with E-state index in [1.54, 1.807) is 0 Å². The van der Waals surface area contributed by atoms with Crippen LogP contribution in [0.15, 0.2) is 84.9 Å². The van der Waals surface area contributed by atoms with Crippen LogP contribution in [-0.4, -0.2) is 4.40 Å². The van der Waals surface area contributed by atoms with E-state index >= 15 is 0 Å². The molecular weight excluding hydrogens is 359 g/mol. The maximum atomic E-state index is 13.4. The first-order chi connectivity index (χ1) is 14.3. The van der Waals surface area contributed by atoms with Gasteiger partial charge in [0.25, 0.3) is 5.65 Å². The molecule has 0 saturated heterocycles. The predicted molar refractivity (Wildman–Crippen MR) is 115 cm³/mol. The van der Waals surface area contributed by atoms with Crippen LogP contribution < -0.4 is 4.57 Å². The van der Waals surface area contributed by atoms with Crippen LogP contribution >= 0.6 is 0 Å². The summed E-state index contributed by atoms with van der Waals surface area (Å²) in [6, 6.07) is 28.6. The lowest BCUT2D eigenvalue weighted by Gasteiger charge is -2.05. The summed E-state index contributed by atoms with van der Waals surface area (Å²) in [7, 11) is 0. The summed E-state index contributed by atoms with van der Waals surface area (Å²) < 4.78 is 18.2. The Kier molecular flexibility index (Phi) is 2.73. The van der Waals surface area contributed by atoms with Gasteiger partial charge < -0.3 is 0 Å². The first-order valence-electron chi connectivity index (χ1n) is 9.86. The summed E-state index contributed by atoms with van der Waals surface area (Å²) in [6.07, 6.45) is 0. The highest BCUT2D eigenvalue weighted by atomic mass is 19.1. The lowest BCUT2D eigenvalue weighted by atomic mass is 10.0. The van der Waals surface area contributed by atoms with Gasteiger partial charge in [-0.25, -0.2) is 8.96 Å². The Morgan fingerprint density at radius 1 is 0.724 bits per heavy atom. The zero-order valence-corrected chi connectivity index (χ0v) is 15.6. The van der Waals surface area contributed by atoms with Crippen molar-refractivity contribution in [3.8, 4) is 11.1 Å². The van der Waals surface area contributed by atoms with Gasteiger partial charge in [-0.1, -0.05) is 48.5 Å². The van der Waals surface area contributed by atoms with Crippen molar-refractivity contribution in [2.75, 3.05) is 0 Å². The monoisotopic (exact) mass is 375 g/mol. The number of hydrogen-bond donors (Lipinski definition) is 0. The maximum absolute atomic E-state index is 13.4. The van der Waals surface area contributed by atoms with Gasteiger partial charge in [-0.2, -0.15) is 4.40 Å². The van der Waals surface area contributed by atoms with E-state index in [2.05, 4.69) is 69.6 Å². The van der Waals surface area contributed by atoms with Gasteiger partial charge in [0.05, 0.1) is 5.39 Å². The molecule has 3 heterocycles. The molecule has 0 spiro atoms. The van der Waals surface area contributed by atoms with Crippen LogP contribution in [0.1, 0.15) is 5.56 Å². The van der Waals surface area contributed by atoms with E-state index in [1.807, 2.05) is 12.1 Å². The van der Waals surface area contributed by atoms with Crippen molar-refractivity contribution in [1.82, 2.24) is 4.40 Å². The summed E-state index contributed by atoms with van der Waals surface area (Å²) in [5.74, 6) is -0.208. The van der Waals surface area contributed by atoms with E-state index < -0.39 is 0 Å². The Morgan fingerprint density at radius 3 is 2.41 bits per heavy atom. The molecule has 0 bridgehead atoms. The molecule has 1 aliphatic rings. The fourth-order valence-electron chi connectivity index (χ4n) is 5.04. The number of hydrogen-bond acceptors (Lipinski definition) is 0. The number of nitrogens with zero attached hydrogens (tertiary/aromatic N) is 2. The topological polar surface area (TPSA) is 8.29 Å². The Morgan fingerprint density at radius 2 is 1.52 bits per heavy atom. The average molecular weight is 375 g/mol. The van der Waals surface area contributed by atoms with E-state index in [0.717, 1.165) is 17.7 Å². The largest absolute Gasteiger partial charge is 0.296 e. The normalized spacial score (nSPS) is 12.9. The minimum absolute atomic E-state index is 0.208. The SMILES string of the molecule is Fc1ccc(-c2ccc3c(c2)n2c4ccccc4c4cccc5c4c2[n+]3C5)cc1. The molecule has 0 N–H and O–H groups in total. The lowest BCUT2D eigenvalue weighted by molar-refractivity contribution is -0.631. The summed E-state index contributed by atoms with van der Waals surface area (Å²) in [5.41, 5.74) is 8.40. The fourth-order valence-corrected chi connectivity index (χ4v) is 5.04. The van der Waals surface area contributed by atoms with E-state index in [9.17, 15) is 4.39 Å². The molecule has 6 aromatic rings. The van der Waals surface area contributed by atoms with Crippen LogP contribution in [-0.2, 0) is 6.54 Å². The fraction of sp³-hybridized carbons (Fsp3) is 0.0385. The molecule has 0 radical (unpaired) electrons. The Hall–Kier alpha value is -3.72. The molecule has 136 valence electrons. The van der Waals surface area contributed by atoms with Gasteiger partial charge in [-0.15, -0.1) is 0 Å². The molecule has 29 heavy (non-hydrogen) atoms. The highest BCUT2D eigenvalue weighted by Gasteiger charge is 2.31. The van der Waals surface area contributed by atoms with Crippen molar-refractivity contribution in [3.05, 3.63) is 96.3 Å². The van der Waals surface area contributed by atoms with Crippen molar-refractivity contribution in [3.63, 3.8) is 0 Å². The standard InChI is InChI=1S/C26H16FN2/c27-19-11-8-16(9-12-19)17-10-13-23-24(14-17)29-22-7-2-1-5-20(22)21-6-3-4-18-15-28(23)26(29)25(18)21/h1-14H,15H2/q+1.